The molecule has 0 aromatic heterocycles. The Morgan fingerprint density at radius 3 is 2.24 bits per heavy atom. The molecule has 1 aromatic carbocycles. The molecule has 17 heavy (non-hydrogen) atoms. The predicted molar refractivity (Wildman–Crippen MR) is 77.3 cm³/mol. The molecule has 0 saturated carbocycles. The van der Waals surface area contributed by atoms with Crippen LogP contribution < -0.4 is 0 Å². The molecule has 0 heterocycles. The fraction of sp³-hybridized carbons (Fsp3) is 0.294. The van der Waals surface area contributed by atoms with Gasteiger partial charge in [0.15, 0.2) is 0 Å². The van der Waals surface area contributed by atoms with Gasteiger partial charge in [0.2, 0.25) is 0 Å². The minimum Gasteiger partial charge on any atom is -0.0988 e. The second-order valence-corrected chi connectivity index (χ2v) is 4.84. The maximum Gasteiger partial charge on any atom is 0.0146 e. The van der Waals surface area contributed by atoms with E-state index in [4.69, 9.17) is 0 Å². The van der Waals surface area contributed by atoms with E-state index in [1.54, 1.807) is 0 Å². The van der Waals surface area contributed by atoms with Crippen LogP contribution in [0.25, 0.3) is 0 Å². The Bertz CT molecular complexity index is 428. The first-order valence-corrected chi connectivity index (χ1v) is 6.05. The van der Waals surface area contributed by atoms with Crippen LogP contribution in [0.2, 0.25) is 0 Å². The van der Waals surface area contributed by atoms with Crippen LogP contribution in [0.4, 0.5) is 0 Å². The molecule has 0 aliphatic heterocycles. The minimum atomic E-state index is -0.00500. The molecule has 0 spiro atoms. The summed E-state index contributed by atoms with van der Waals surface area (Å²) < 4.78 is 0. The Morgan fingerprint density at radius 1 is 1.18 bits per heavy atom. The van der Waals surface area contributed by atoms with Crippen molar-refractivity contribution in [3.63, 3.8) is 0 Å². The third-order valence-electron chi connectivity index (χ3n) is 3.18. The molecule has 0 atom stereocenters. The molecular formula is C17H22. The first-order chi connectivity index (χ1) is 8.02. The topological polar surface area (TPSA) is 0 Å². The SMILES string of the molecule is C=C/C(=C\C=C\C)C(C)(C)c1ccc(C)cc1. The third-order valence-corrected chi connectivity index (χ3v) is 3.18. The molecule has 0 N–H and O–H groups in total. The van der Waals surface area contributed by atoms with Crippen molar-refractivity contribution in [2.45, 2.75) is 33.1 Å². The Hall–Kier alpha value is -1.56. The molecule has 90 valence electrons. The van der Waals surface area contributed by atoms with Gasteiger partial charge in [-0.3, -0.25) is 0 Å². The van der Waals surface area contributed by atoms with E-state index in [2.05, 4.69) is 63.8 Å². The van der Waals surface area contributed by atoms with Gasteiger partial charge in [0, 0.05) is 5.41 Å². The standard InChI is InChI=1S/C17H22/c1-6-8-9-15(7-2)17(4,5)16-12-10-14(3)11-13-16/h6-13H,2H2,1,3-5H3/b8-6+,15-9+. The van der Waals surface area contributed by atoms with Crippen molar-refractivity contribution in [2.75, 3.05) is 0 Å². The average Bonchev–Trinajstić information content (AvgIpc) is 2.30. The Kier molecular flexibility index (Phi) is 4.51. The smallest absolute Gasteiger partial charge is 0.0146 e. The zero-order chi connectivity index (χ0) is 12.9. The number of aryl methyl sites for hydroxylation is 1. The van der Waals surface area contributed by atoms with Crippen LogP contribution in [-0.4, -0.2) is 0 Å². The lowest BCUT2D eigenvalue weighted by Gasteiger charge is -2.27. The average molecular weight is 226 g/mol. The highest BCUT2D eigenvalue weighted by Crippen LogP contribution is 2.32. The van der Waals surface area contributed by atoms with Gasteiger partial charge in [0.05, 0.1) is 0 Å². The summed E-state index contributed by atoms with van der Waals surface area (Å²) in [4.78, 5) is 0. The molecule has 0 bridgehead atoms. The molecule has 0 aliphatic rings. The number of allylic oxidation sites excluding steroid dienone is 5. The summed E-state index contributed by atoms with van der Waals surface area (Å²) in [5.74, 6) is 0. The highest BCUT2D eigenvalue weighted by Gasteiger charge is 2.22. The van der Waals surface area contributed by atoms with Gasteiger partial charge < -0.3 is 0 Å². The maximum absolute atomic E-state index is 3.92. The van der Waals surface area contributed by atoms with Crippen molar-refractivity contribution in [2.24, 2.45) is 0 Å². The number of hydrogen-bond acceptors (Lipinski definition) is 0. The quantitative estimate of drug-likeness (QED) is 0.636. The van der Waals surface area contributed by atoms with E-state index in [9.17, 15) is 0 Å². The van der Waals surface area contributed by atoms with Crippen molar-refractivity contribution in [3.05, 3.63) is 71.8 Å². The first-order valence-electron chi connectivity index (χ1n) is 6.05. The molecule has 0 heteroatoms. The van der Waals surface area contributed by atoms with Crippen LogP contribution in [-0.2, 0) is 5.41 Å². The lowest BCUT2D eigenvalue weighted by Crippen LogP contribution is -2.19. The van der Waals surface area contributed by atoms with Crippen molar-refractivity contribution in [3.8, 4) is 0 Å². The van der Waals surface area contributed by atoms with Crippen molar-refractivity contribution < 1.29 is 0 Å². The summed E-state index contributed by atoms with van der Waals surface area (Å²) in [6.45, 7) is 12.5. The molecular weight excluding hydrogens is 204 g/mol. The van der Waals surface area contributed by atoms with E-state index in [1.807, 2.05) is 19.1 Å². The normalized spacial score (nSPS) is 13.1. The summed E-state index contributed by atoms with van der Waals surface area (Å²) in [6, 6.07) is 8.71. The second-order valence-electron chi connectivity index (χ2n) is 4.84. The summed E-state index contributed by atoms with van der Waals surface area (Å²) in [5.41, 5.74) is 3.84. The molecule has 0 saturated heterocycles. The summed E-state index contributed by atoms with van der Waals surface area (Å²) >= 11 is 0. The highest BCUT2D eigenvalue weighted by atomic mass is 14.3. The van der Waals surface area contributed by atoms with Crippen LogP contribution >= 0.6 is 0 Å². The van der Waals surface area contributed by atoms with Crippen LogP contribution in [0.15, 0.2) is 60.7 Å². The molecule has 0 aliphatic carbocycles. The Balaban J connectivity index is 3.16. The Labute approximate surface area is 105 Å². The minimum absolute atomic E-state index is 0.00500. The zero-order valence-electron chi connectivity index (χ0n) is 11.3. The molecule has 0 nitrogen and oxygen atoms in total. The monoisotopic (exact) mass is 226 g/mol. The van der Waals surface area contributed by atoms with Gasteiger partial charge in [0.1, 0.15) is 0 Å². The lowest BCUT2D eigenvalue weighted by molar-refractivity contribution is 0.639. The van der Waals surface area contributed by atoms with E-state index in [1.165, 1.54) is 16.7 Å². The molecule has 0 radical (unpaired) electrons. The zero-order valence-corrected chi connectivity index (χ0v) is 11.3. The van der Waals surface area contributed by atoms with E-state index >= 15 is 0 Å². The van der Waals surface area contributed by atoms with Gasteiger partial charge in [-0.1, -0.05) is 74.6 Å². The maximum atomic E-state index is 3.92. The van der Waals surface area contributed by atoms with E-state index in [0.29, 0.717) is 0 Å². The fourth-order valence-corrected chi connectivity index (χ4v) is 1.87. The summed E-state index contributed by atoms with van der Waals surface area (Å²) in [7, 11) is 0. The number of rotatable bonds is 4. The summed E-state index contributed by atoms with van der Waals surface area (Å²) in [6.07, 6.45) is 8.17. The van der Waals surface area contributed by atoms with Gasteiger partial charge >= 0.3 is 0 Å². The van der Waals surface area contributed by atoms with Crippen LogP contribution in [0.3, 0.4) is 0 Å². The fourth-order valence-electron chi connectivity index (χ4n) is 1.87. The van der Waals surface area contributed by atoms with Crippen LogP contribution in [0, 0.1) is 6.92 Å². The third kappa shape index (κ3) is 3.20. The van der Waals surface area contributed by atoms with Gasteiger partial charge in [-0.25, -0.2) is 0 Å². The molecule has 0 amide bonds. The Morgan fingerprint density at radius 2 is 1.76 bits per heavy atom. The summed E-state index contributed by atoms with van der Waals surface area (Å²) in [5, 5.41) is 0. The lowest BCUT2D eigenvalue weighted by atomic mass is 9.77. The van der Waals surface area contributed by atoms with E-state index in [0.717, 1.165) is 0 Å². The van der Waals surface area contributed by atoms with Crippen LogP contribution in [0.5, 0.6) is 0 Å². The second kappa shape index (κ2) is 5.67. The van der Waals surface area contributed by atoms with E-state index < -0.39 is 0 Å². The van der Waals surface area contributed by atoms with Crippen molar-refractivity contribution in [1.29, 1.82) is 0 Å². The van der Waals surface area contributed by atoms with Crippen LogP contribution in [0.1, 0.15) is 31.9 Å². The first kappa shape index (κ1) is 13.5. The van der Waals surface area contributed by atoms with E-state index in [-0.39, 0.29) is 5.41 Å². The molecule has 1 rings (SSSR count). The molecule has 0 fully saturated rings. The van der Waals surface area contributed by atoms with Gasteiger partial charge in [-0.2, -0.15) is 0 Å². The van der Waals surface area contributed by atoms with Gasteiger partial charge in [0.25, 0.3) is 0 Å². The largest absolute Gasteiger partial charge is 0.0988 e. The van der Waals surface area contributed by atoms with Crippen molar-refractivity contribution >= 4 is 0 Å². The predicted octanol–water partition coefficient (Wildman–Crippen LogP) is 4.96. The molecule has 1 aromatic rings. The van der Waals surface area contributed by atoms with Gasteiger partial charge in [-0.05, 0) is 25.0 Å². The molecule has 0 unspecified atom stereocenters. The van der Waals surface area contributed by atoms with Crippen molar-refractivity contribution in [1.82, 2.24) is 0 Å². The van der Waals surface area contributed by atoms with Gasteiger partial charge in [-0.15, -0.1) is 0 Å². The number of benzene rings is 1. The number of hydrogen-bond donors (Lipinski definition) is 0. The highest BCUT2D eigenvalue weighted by molar-refractivity contribution is 5.41.